The Morgan fingerprint density at radius 3 is 2.58 bits per heavy atom. The molecule has 2 heterocycles. The first kappa shape index (κ1) is 12.1. The average Bonchev–Trinajstić information content (AvgIpc) is 2.97. The summed E-state index contributed by atoms with van der Waals surface area (Å²) in [6.45, 7) is 1.86. The quantitative estimate of drug-likeness (QED) is 0.783. The molecule has 0 bridgehead atoms. The lowest BCUT2D eigenvalue weighted by Gasteiger charge is -1.93. The summed E-state index contributed by atoms with van der Waals surface area (Å²) in [5.74, 6) is 0.940. The molecule has 2 aromatic heterocycles. The summed E-state index contributed by atoms with van der Waals surface area (Å²) in [6.07, 6.45) is 0. The van der Waals surface area contributed by atoms with Gasteiger partial charge in [0, 0.05) is 10.6 Å². The summed E-state index contributed by atoms with van der Waals surface area (Å²) in [4.78, 5) is 9.28. The highest BCUT2D eigenvalue weighted by molar-refractivity contribution is 7.18. The van der Waals surface area contributed by atoms with Crippen LogP contribution in [0.5, 0.6) is 0 Å². The SMILES string of the molecule is Cc1nc(N)sc1-c1nc(-c2ccc(Cl)cc2)no1. The van der Waals surface area contributed by atoms with Crippen molar-refractivity contribution < 1.29 is 4.52 Å². The van der Waals surface area contributed by atoms with Gasteiger partial charge in [-0.2, -0.15) is 4.98 Å². The number of nitrogens with two attached hydrogens (primary N) is 1. The Morgan fingerprint density at radius 2 is 1.95 bits per heavy atom. The van der Waals surface area contributed by atoms with Gasteiger partial charge in [-0.25, -0.2) is 4.98 Å². The van der Waals surface area contributed by atoms with E-state index in [4.69, 9.17) is 21.9 Å². The van der Waals surface area contributed by atoms with E-state index in [1.54, 1.807) is 12.1 Å². The van der Waals surface area contributed by atoms with Crippen LogP contribution in [-0.2, 0) is 0 Å². The second-order valence-electron chi connectivity index (χ2n) is 3.90. The van der Waals surface area contributed by atoms with Crippen molar-refractivity contribution in [2.24, 2.45) is 0 Å². The zero-order valence-corrected chi connectivity index (χ0v) is 11.5. The van der Waals surface area contributed by atoms with Crippen molar-refractivity contribution >= 4 is 28.1 Å². The van der Waals surface area contributed by atoms with E-state index in [0.29, 0.717) is 21.9 Å². The predicted molar refractivity (Wildman–Crippen MR) is 75.0 cm³/mol. The average molecular weight is 293 g/mol. The highest BCUT2D eigenvalue weighted by atomic mass is 35.5. The summed E-state index contributed by atoms with van der Waals surface area (Å²) in [5, 5.41) is 5.10. The molecule has 7 heteroatoms. The zero-order valence-electron chi connectivity index (χ0n) is 9.92. The number of rotatable bonds is 2. The number of hydrogen-bond acceptors (Lipinski definition) is 6. The van der Waals surface area contributed by atoms with Crippen molar-refractivity contribution in [3.8, 4) is 22.2 Å². The van der Waals surface area contributed by atoms with Gasteiger partial charge >= 0.3 is 0 Å². The lowest BCUT2D eigenvalue weighted by atomic mass is 10.2. The van der Waals surface area contributed by atoms with Gasteiger partial charge in [0.05, 0.1) is 5.69 Å². The molecule has 0 amide bonds. The maximum atomic E-state index is 5.84. The van der Waals surface area contributed by atoms with E-state index in [2.05, 4.69) is 15.1 Å². The number of hydrogen-bond donors (Lipinski definition) is 1. The van der Waals surface area contributed by atoms with E-state index in [0.717, 1.165) is 16.1 Å². The smallest absolute Gasteiger partial charge is 0.270 e. The Bertz CT molecular complexity index is 720. The first-order chi connectivity index (χ1) is 9.13. The van der Waals surface area contributed by atoms with Crippen molar-refractivity contribution in [3.63, 3.8) is 0 Å². The minimum atomic E-state index is 0.427. The molecule has 3 aromatic rings. The molecule has 0 aliphatic heterocycles. The molecule has 0 saturated carbocycles. The number of aromatic nitrogens is 3. The number of anilines is 1. The number of benzene rings is 1. The molecule has 0 aliphatic rings. The fourth-order valence-corrected chi connectivity index (χ4v) is 2.53. The third-order valence-corrected chi connectivity index (χ3v) is 3.76. The minimum absolute atomic E-state index is 0.427. The number of nitrogens with zero attached hydrogens (tertiary/aromatic N) is 3. The van der Waals surface area contributed by atoms with Gasteiger partial charge in [-0.05, 0) is 31.2 Å². The lowest BCUT2D eigenvalue weighted by molar-refractivity contribution is 0.433. The molecule has 1 aromatic carbocycles. The Hall–Kier alpha value is -1.92. The van der Waals surface area contributed by atoms with E-state index in [1.165, 1.54) is 11.3 Å². The van der Waals surface area contributed by atoms with Crippen LogP contribution >= 0.6 is 22.9 Å². The van der Waals surface area contributed by atoms with Crippen LogP contribution in [0.4, 0.5) is 5.13 Å². The van der Waals surface area contributed by atoms with Crippen LogP contribution in [0.2, 0.25) is 5.02 Å². The van der Waals surface area contributed by atoms with Gasteiger partial charge in [0.15, 0.2) is 5.13 Å². The summed E-state index contributed by atoms with van der Waals surface area (Å²) < 4.78 is 5.25. The third kappa shape index (κ3) is 2.32. The second-order valence-corrected chi connectivity index (χ2v) is 5.36. The molecule has 2 N–H and O–H groups in total. The van der Waals surface area contributed by atoms with Crippen LogP contribution in [0.3, 0.4) is 0 Å². The van der Waals surface area contributed by atoms with E-state index in [-0.39, 0.29) is 0 Å². The van der Waals surface area contributed by atoms with Crippen LogP contribution in [0, 0.1) is 6.92 Å². The molecular weight excluding hydrogens is 284 g/mol. The highest BCUT2D eigenvalue weighted by Crippen LogP contribution is 2.31. The van der Waals surface area contributed by atoms with Gasteiger partial charge in [-0.3, -0.25) is 0 Å². The largest absolute Gasteiger partial charge is 0.375 e. The number of nitrogen functional groups attached to an aromatic ring is 1. The maximum absolute atomic E-state index is 5.84. The highest BCUT2D eigenvalue weighted by Gasteiger charge is 2.16. The Kier molecular flexibility index (Phi) is 2.96. The summed E-state index contributed by atoms with van der Waals surface area (Å²) in [6, 6.07) is 7.24. The van der Waals surface area contributed by atoms with Crippen molar-refractivity contribution in [1.29, 1.82) is 0 Å². The van der Waals surface area contributed by atoms with E-state index in [1.807, 2.05) is 19.1 Å². The molecule has 3 rings (SSSR count). The topological polar surface area (TPSA) is 77.8 Å². The molecule has 0 atom stereocenters. The molecule has 5 nitrogen and oxygen atoms in total. The summed E-state index contributed by atoms with van der Waals surface area (Å²) >= 11 is 7.17. The molecule has 19 heavy (non-hydrogen) atoms. The maximum Gasteiger partial charge on any atom is 0.270 e. The normalized spacial score (nSPS) is 10.8. The standard InChI is InChI=1S/C12H9ClN4OS/c1-6-9(19-12(14)15-6)11-16-10(17-18-11)7-2-4-8(13)5-3-7/h2-5H,1H3,(H2,14,15). The molecule has 0 unspecified atom stereocenters. The fraction of sp³-hybridized carbons (Fsp3) is 0.0833. The van der Waals surface area contributed by atoms with Gasteiger partial charge in [-0.1, -0.05) is 28.1 Å². The molecule has 0 fully saturated rings. The van der Waals surface area contributed by atoms with Crippen LogP contribution in [0.15, 0.2) is 28.8 Å². The number of thiazole rings is 1. The first-order valence-electron chi connectivity index (χ1n) is 5.46. The summed E-state index contributed by atoms with van der Waals surface area (Å²) in [7, 11) is 0. The molecule has 0 aliphatic carbocycles. The molecule has 0 radical (unpaired) electrons. The van der Waals surface area contributed by atoms with Crippen molar-refractivity contribution in [2.45, 2.75) is 6.92 Å². The van der Waals surface area contributed by atoms with E-state index < -0.39 is 0 Å². The van der Waals surface area contributed by atoms with Gasteiger partial charge in [0.1, 0.15) is 4.88 Å². The minimum Gasteiger partial charge on any atom is -0.375 e. The Morgan fingerprint density at radius 1 is 1.21 bits per heavy atom. The molecule has 0 spiro atoms. The van der Waals surface area contributed by atoms with Gasteiger partial charge in [-0.15, -0.1) is 0 Å². The lowest BCUT2D eigenvalue weighted by Crippen LogP contribution is -1.82. The van der Waals surface area contributed by atoms with E-state index in [9.17, 15) is 0 Å². The zero-order chi connectivity index (χ0) is 13.4. The number of halogens is 1. The third-order valence-electron chi connectivity index (χ3n) is 2.54. The van der Waals surface area contributed by atoms with Crippen LogP contribution in [-0.4, -0.2) is 15.1 Å². The first-order valence-corrected chi connectivity index (χ1v) is 6.66. The van der Waals surface area contributed by atoms with Crippen LogP contribution < -0.4 is 5.73 Å². The van der Waals surface area contributed by atoms with Crippen molar-refractivity contribution in [1.82, 2.24) is 15.1 Å². The van der Waals surface area contributed by atoms with Gasteiger partial charge < -0.3 is 10.3 Å². The molecule has 0 saturated heterocycles. The second kappa shape index (κ2) is 4.64. The van der Waals surface area contributed by atoms with Gasteiger partial charge in [0.25, 0.3) is 5.89 Å². The van der Waals surface area contributed by atoms with Crippen LogP contribution in [0.25, 0.3) is 22.2 Å². The van der Waals surface area contributed by atoms with E-state index >= 15 is 0 Å². The van der Waals surface area contributed by atoms with Gasteiger partial charge in [0.2, 0.25) is 5.82 Å². The van der Waals surface area contributed by atoms with Crippen molar-refractivity contribution in [2.75, 3.05) is 5.73 Å². The monoisotopic (exact) mass is 292 g/mol. The molecule has 96 valence electrons. The Balaban J connectivity index is 1.99. The number of aryl methyl sites for hydroxylation is 1. The van der Waals surface area contributed by atoms with Crippen molar-refractivity contribution in [3.05, 3.63) is 35.0 Å². The fourth-order valence-electron chi connectivity index (χ4n) is 1.65. The Labute approximate surface area is 118 Å². The molecular formula is C12H9ClN4OS. The summed E-state index contributed by atoms with van der Waals surface area (Å²) in [5.41, 5.74) is 7.28. The van der Waals surface area contributed by atoms with Crippen LogP contribution in [0.1, 0.15) is 5.69 Å². The predicted octanol–water partition coefficient (Wildman–Crippen LogP) is 3.40.